The third-order valence-corrected chi connectivity index (χ3v) is 18.1. The van der Waals surface area contributed by atoms with Crippen LogP contribution in [0.15, 0.2) is 80.3 Å². The van der Waals surface area contributed by atoms with Crippen LogP contribution in [0.25, 0.3) is 0 Å². The van der Waals surface area contributed by atoms with Crippen molar-refractivity contribution in [3.05, 3.63) is 108 Å². The fourth-order valence-corrected chi connectivity index (χ4v) is 18.1. The molecular formula is C42H59N2OY. The molecule has 0 aromatic heterocycles. The summed E-state index contributed by atoms with van der Waals surface area (Å²) in [5, 5.41) is 0. The molecule has 0 heterocycles. The number of benzene rings is 3. The summed E-state index contributed by atoms with van der Waals surface area (Å²) >= 11 is -2.69. The first-order chi connectivity index (χ1) is 21.4. The van der Waals surface area contributed by atoms with E-state index < -0.39 is 27.4 Å². The van der Waals surface area contributed by atoms with Crippen LogP contribution in [-0.4, -0.2) is 35.3 Å². The molecule has 1 aliphatic carbocycles. The summed E-state index contributed by atoms with van der Waals surface area (Å²) in [5.41, 5.74) is 12.7. The number of para-hydroxylation sites is 2. The number of methoxy groups -OCH3 is 1. The van der Waals surface area contributed by atoms with Crippen LogP contribution in [0.3, 0.4) is 0 Å². The molecule has 3 aromatic rings. The van der Waals surface area contributed by atoms with Gasteiger partial charge in [0, 0.05) is 0 Å². The van der Waals surface area contributed by atoms with E-state index in [1.165, 1.54) is 45.7 Å². The van der Waals surface area contributed by atoms with Gasteiger partial charge in [-0.25, -0.2) is 0 Å². The van der Waals surface area contributed by atoms with Crippen LogP contribution in [0, 0.1) is 12.3 Å². The van der Waals surface area contributed by atoms with E-state index in [9.17, 15) is 0 Å². The average molecular weight is 697 g/mol. The Morgan fingerprint density at radius 3 is 1.61 bits per heavy atom. The van der Waals surface area contributed by atoms with Gasteiger partial charge in [0.05, 0.1) is 0 Å². The molecule has 0 atom stereocenters. The molecule has 1 aliphatic rings. The molecule has 0 radical (unpaired) electrons. The van der Waals surface area contributed by atoms with E-state index in [1.807, 2.05) is 7.11 Å². The Kier molecular flexibility index (Phi) is 11.1. The third kappa shape index (κ3) is 7.68. The number of hydrogen-bond donors (Lipinski definition) is 0. The number of rotatable bonds is 10. The van der Waals surface area contributed by atoms with Gasteiger partial charge in [-0.3, -0.25) is 0 Å². The monoisotopic (exact) mass is 696 g/mol. The minimum atomic E-state index is -2.69. The van der Waals surface area contributed by atoms with Gasteiger partial charge in [-0.2, -0.15) is 0 Å². The van der Waals surface area contributed by atoms with Crippen molar-refractivity contribution >= 4 is 11.4 Å². The quantitative estimate of drug-likeness (QED) is 0.210. The molecule has 4 rings (SSSR count). The van der Waals surface area contributed by atoms with Gasteiger partial charge < -0.3 is 0 Å². The molecule has 0 bridgehead atoms. The Morgan fingerprint density at radius 2 is 1.17 bits per heavy atom. The number of hydrogen-bond acceptors (Lipinski definition) is 3. The van der Waals surface area contributed by atoms with Gasteiger partial charge in [0.1, 0.15) is 0 Å². The second-order valence-corrected chi connectivity index (χ2v) is 23.2. The van der Waals surface area contributed by atoms with Crippen LogP contribution in [-0.2, 0) is 44.7 Å². The Hall–Kier alpha value is -2.36. The van der Waals surface area contributed by atoms with Crippen LogP contribution in [0.5, 0.6) is 5.75 Å². The first kappa shape index (κ1) is 36.5. The summed E-state index contributed by atoms with van der Waals surface area (Å²) in [7, 11) is 10.6. The molecule has 3 nitrogen and oxygen atoms in total. The molecule has 0 unspecified atom stereocenters. The van der Waals surface area contributed by atoms with E-state index in [0.29, 0.717) is 0 Å². The molecule has 0 N–H and O–H groups in total. The molecule has 3 aromatic carbocycles. The van der Waals surface area contributed by atoms with Crippen LogP contribution < -0.4 is 14.5 Å². The third-order valence-electron chi connectivity index (χ3n) is 9.89. The summed E-state index contributed by atoms with van der Waals surface area (Å²) in [4.78, 5) is 4.60. The van der Waals surface area contributed by atoms with Crippen LogP contribution in [0.1, 0.15) is 89.6 Å². The normalized spacial score (nSPS) is 14.0. The standard InChI is InChI=1S/C24H35O.2C9H12N.Y/c1-16-13-19(23(5,6)7)21(25-10)20(14-16)24(8,9)18-12-11-17(15-18)22(2,3)4;2*1-8-6-4-5-7-9(8)10(2)3;/h11,13-14H,12H2,1-10H3;2*4-7H,1H2,2-3H3;. The van der Waals surface area contributed by atoms with E-state index in [1.54, 1.807) is 13.5 Å². The van der Waals surface area contributed by atoms with E-state index >= 15 is 0 Å². The van der Waals surface area contributed by atoms with Crippen molar-refractivity contribution in [2.24, 2.45) is 5.41 Å². The summed E-state index contributed by atoms with van der Waals surface area (Å²) in [5.74, 6) is 1.06. The molecule has 0 fully saturated rings. The first-order valence-corrected chi connectivity index (χ1v) is 22.5. The van der Waals surface area contributed by atoms with Crippen molar-refractivity contribution in [3.63, 3.8) is 0 Å². The zero-order valence-electron chi connectivity index (χ0n) is 31.4. The molecule has 0 amide bonds. The van der Waals surface area contributed by atoms with Gasteiger partial charge >= 0.3 is 294 Å². The van der Waals surface area contributed by atoms with Crippen molar-refractivity contribution in [3.8, 4) is 5.75 Å². The average Bonchev–Trinajstić information content (AvgIpc) is 3.43. The van der Waals surface area contributed by atoms with Crippen molar-refractivity contribution in [1.82, 2.24) is 0 Å². The zero-order chi connectivity index (χ0) is 34.2. The number of nitrogens with zero attached hydrogens (tertiary/aromatic N) is 2. The fourth-order valence-electron chi connectivity index (χ4n) is 7.58. The van der Waals surface area contributed by atoms with Crippen molar-refractivity contribution < 1.29 is 32.2 Å². The van der Waals surface area contributed by atoms with Crippen molar-refractivity contribution in [2.45, 2.75) is 86.0 Å². The van der Waals surface area contributed by atoms with Crippen LogP contribution in [0.2, 0.25) is 0 Å². The van der Waals surface area contributed by atoms with E-state index in [0.717, 1.165) is 12.2 Å². The second kappa shape index (κ2) is 14.0. The summed E-state index contributed by atoms with van der Waals surface area (Å²) < 4.78 is 10.4. The number of aryl methyl sites for hydroxylation is 1. The second-order valence-electron chi connectivity index (χ2n) is 16.4. The van der Waals surface area contributed by atoms with Gasteiger partial charge in [-0.05, 0) is 0 Å². The van der Waals surface area contributed by atoms with Gasteiger partial charge in [0.15, 0.2) is 0 Å². The van der Waals surface area contributed by atoms with Gasteiger partial charge in [-0.15, -0.1) is 0 Å². The Labute approximate surface area is 292 Å². The molecule has 246 valence electrons. The number of anilines is 2. The van der Waals surface area contributed by atoms with E-state index in [-0.39, 0.29) is 16.2 Å². The molecule has 0 aliphatic heterocycles. The van der Waals surface area contributed by atoms with Crippen molar-refractivity contribution in [1.29, 1.82) is 0 Å². The Morgan fingerprint density at radius 1 is 0.696 bits per heavy atom. The summed E-state index contributed by atoms with van der Waals surface area (Å²) in [6, 6.07) is 22.9. The number of ether oxygens (including phenoxy) is 1. The van der Waals surface area contributed by atoms with E-state index in [4.69, 9.17) is 4.74 Å². The Bertz CT molecular complexity index is 1560. The van der Waals surface area contributed by atoms with Gasteiger partial charge in [0.25, 0.3) is 0 Å². The minimum absolute atomic E-state index is 0.0164. The molecular weight excluding hydrogens is 637 g/mol. The van der Waals surface area contributed by atoms with Gasteiger partial charge in [-0.1, -0.05) is 0 Å². The molecule has 46 heavy (non-hydrogen) atoms. The first-order valence-electron chi connectivity index (χ1n) is 17.0. The van der Waals surface area contributed by atoms with E-state index in [2.05, 4.69) is 167 Å². The molecule has 0 saturated carbocycles. The van der Waals surface area contributed by atoms with Crippen molar-refractivity contribution in [2.75, 3.05) is 45.1 Å². The van der Waals surface area contributed by atoms with Crippen LogP contribution in [0.4, 0.5) is 11.4 Å². The molecule has 0 saturated heterocycles. The maximum atomic E-state index is 6.34. The topological polar surface area (TPSA) is 15.7 Å². The molecule has 4 heteroatoms. The summed E-state index contributed by atoms with van der Waals surface area (Å²) in [6.07, 6.45) is 3.61. The van der Waals surface area contributed by atoms with Gasteiger partial charge in [0.2, 0.25) is 0 Å². The predicted molar refractivity (Wildman–Crippen MR) is 198 cm³/mol. The molecule has 0 spiro atoms. The zero-order valence-corrected chi connectivity index (χ0v) is 34.2. The SMILES string of the molecule is COc1c(C(C)(C)C)cc(C)cc1C(C)(C)C1=[C]([Y]([CH2]c2ccccc2N(C)C)[CH2]c2ccccc2N(C)C)C(C(C)(C)C)=CC1. The summed E-state index contributed by atoms with van der Waals surface area (Å²) in [6.45, 7) is 21.4. The number of allylic oxidation sites excluding steroid dienone is 4. The maximum absolute atomic E-state index is 6.34. The predicted octanol–water partition coefficient (Wildman–Crippen LogP) is 10.4. The fraction of sp³-hybridized carbons (Fsp3) is 0.476. The van der Waals surface area contributed by atoms with Crippen LogP contribution >= 0.6 is 0 Å². The Balaban J connectivity index is 2.04.